The van der Waals surface area contributed by atoms with Gasteiger partial charge in [0.2, 0.25) is 0 Å². The first-order valence-electron chi connectivity index (χ1n) is 6.30. The van der Waals surface area contributed by atoms with E-state index in [0.29, 0.717) is 6.04 Å². The van der Waals surface area contributed by atoms with Gasteiger partial charge >= 0.3 is 6.18 Å². The predicted molar refractivity (Wildman–Crippen MR) is 67.6 cm³/mol. The first-order valence-corrected chi connectivity index (χ1v) is 6.30. The summed E-state index contributed by atoms with van der Waals surface area (Å²) in [6.45, 7) is 7.01. The van der Waals surface area contributed by atoms with E-state index >= 15 is 0 Å². The maximum Gasteiger partial charge on any atom is 0.416 e. The SMILES string of the molecule is CCNC(CC)C(C)c1ccc(C(F)(F)F)cc1. The number of rotatable bonds is 5. The zero-order valence-electron chi connectivity index (χ0n) is 11.0. The van der Waals surface area contributed by atoms with Crippen molar-refractivity contribution >= 4 is 0 Å². The van der Waals surface area contributed by atoms with E-state index in [2.05, 4.69) is 12.2 Å². The minimum atomic E-state index is -4.26. The Bertz CT molecular complexity index is 356. The second-order valence-electron chi connectivity index (χ2n) is 4.48. The Hall–Kier alpha value is -1.03. The first kappa shape index (κ1) is 15.0. The summed E-state index contributed by atoms with van der Waals surface area (Å²) in [5, 5.41) is 3.35. The molecular weight excluding hydrogens is 239 g/mol. The molecule has 102 valence electrons. The van der Waals surface area contributed by atoms with E-state index in [1.165, 1.54) is 0 Å². The molecule has 2 unspecified atom stereocenters. The fourth-order valence-electron chi connectivity index (χ4n) is 2.14. The molecule has 0 amide bonds. The highest BCUT2D eigenvalue weighted by Crippen LogP contribution is 2.30. The zero-order chi connectivity index (χ0) is 13.8. The Morgan fingerprint density at radius 1 is 1.11 bits per heavy atom. The number of alkyl halides is 3. The lowest BCUT2D eigenvalue weighted by atomic mass is 9.91. The number of hydrogen-bond donors (Lipinski definition) is 1. The quantitative estimate of drug-likeness (QED) is 0.835. The summed E-state index contributed by atoms with van der Waals surface area (Å²) in [6.07, 6.45) is -3.30. The third kappa shape index (κ3) is 3.73. The fourth-order valence-corrected chi connectivity index (χ4v) is 2.14. The van der Waals surface area contributed by atoms with E-state index in [4.69, 9.17) is 0 Å². The molecule has 0 saturated heterocycles. The number of nitrogens with one attached hydrogen (secondary N) is 1. The lowest BCUT2D eigenvalue weighted by molar-refractivity contribution is -0.137. The van der Waals surface area contributed by atoms with Gasteiger partial charge in [0.05, 0.1) is 5.56 Å². The molecular formula is C14H20F3N. The van der Waals surface area contributed by atoms with Crippen LogP contribution in [0.5, 0.6) is 0 Å². The number of halogens is 3. The number of hydrogen-bond acceptors (Lipinski definition) is 1. The molecule has 1 aromatic carbocycles. The maximum atomic E-state index is 12.5. The molecule has 0 aromatic heterocycles. The smallest absolute Gasteiger partial charge is 0.314 e. The fraction of sp³-hybridized carbons (Fsp3) is 0.571. The normalized spacial score (nSPS) is 15.4. The van der Waals surface area contributed by atoms with Gasteiger partial charge in [-0.3, -0.25) is 0 Å². The van der Waals surface area contributed by atoms with Gasteiger partial charge in [-0.1, -0.05) is 32.9 Å². The van der Waals surface area contributed by atoms with E-state index in [1.54, 1.807) is 12.1 Å². The Balaban J connectivity index is 2.84. The van der Waals surface area contributed by atoms with Crippen LogP contribution in [-0.4, -0.2) is 12.6 Å². The minimum Gasteiger partial charge on any atom is -0.314 e. The van der Waals surface area contributed by atoms with Crippen LogP contribution < -0.4 is 5.32 Å². The Morgan fingerprint density at radius 2 is 1.67 bits per heavy atom. The predicted octanol–water partition coefficient (Wildman–Crippen LogP) is 4.20. The summed E-state index contributed by atoms with van der Waals surface area (Å²) < 4.78 is 37.4. The summed E-state index contributed by atoms with van der Waals surface area (Å²) in [5.41, 5.74) is 0.353. The second-order valence-corrected chi connectivity index (χ2v) is 4.48. The van der Waals surface area contributed by atoms with Crippen LogP contribution in [0.4, 0.5) is 13.2 Å². The Labute approximate surface area is 106 Å². The van der Waals surface area contributed by atoms with Gasteiger partial charge in [-0.15, -0.1) is 0 Å². The zero-order valence-corrected chi connectivity index (χ0v) is 11.0. The lowest BCUT2D eigenvalue weighted by Crippen LogP contribution is -2.33. The second kappa shape index (κ2) is 6.23. The third-order valence-electron chi connectivity index (χ3n) is 3.27. The first-order chi connectivity index (χ1) is 8.40. The largest absolute Gasteiger partial charge is 0.416 e. The van der Waals surface area contributed by atoms with Crippen molar-refractivity contribution in [3.63, 3.8) is 0 Å². The van der Waals surface area contributed by atoms with Crippen LogP contribution in [0.2, 0.25) is 0 Å². The Kier molecular flexibility index (Phi) is 5.20. The number of benzene rings is 1. The van der Waals surface area contributed by atoms with Gasteiger partial charge in [-0.2, -0.15) is 13.2 Å². The van der Waals surface area contributed by atoms with Gasteiger partial charge in [-0.05, 0) is 36.6 Å². The molecule has 0 saturated carbocycles. The highest BCUT2D eigenvalue weighted by Gasteiger charge is 2.30. The van der Waals surface area contributed by atoms with Crippen molar-refractivity contribution in [2.75, 3.05) is 6.54 Å². The van der Waals surface area contributed by atoms with E-state index < -0.39 is 11.7 Å². The van der Waals surface area contributed by atoms with Crippen molar-refractivity contribution in [2.24, 2.45) is 0 Å². The standard InChI is InChI=1S/C14H20F3N/c1-4-13(18-5-2)10(3)11-6-8-12(9-7-11)14(15,16)17/h6-10,13,18H,4-5H2,1-3H3. The van der Waals surface area contributed by atoms with E-state index in [0.717, 1.165) is 30.7 Å². The molecule has 0 aliphatic carbocycles. The number of likely N-dealkylation sites (N-methyl/N-ethyl adjacent to an activating group) is 1. The van der Waals surface area contributed by atoms with Gasteiger partial charge in [0.25, 0.3) is 0 Å². The average molecular weight is 259 g/mol. The molecule has 0 bridgehead atoms. The van der Waals surface area contributed by atoms with Crippen molar-refractivity contribution in [3.8, 4) is 0 Å². The minimum absolute atomic E-state index is 0.206. The molecule has 1 N–H and O–H groups in total. The van der Waals surface area contributed by atoms with Crippen molar-refractivity contribution in [3.05, 3.63) is 35.4 Å². The highest BCUT2D eigenvalue weighted by molar-refractivity contribution is 5.27. The molecule has 18 heavy (non-hydrogen) atoms. The molecule has 0 spiro atoms. The van der Waals surface area contributed by atoms with Crippen LogP contribution in [-0.2, 0) is 6.18 Å². The lowest BCUT2D eigenvalue weighted by Gasteiger charge is -2.24. The summed E-state index contributed by atoms with van der Waals surface area (Å²) in [7, 11) is 0. The van der Waals surface area contributed by atoms with Gasteiger partial charge in [-0.25, -0.2) is 0 Å². The monoisotopic (exact) mass is 259 g/mol. The van der Waals surface area contributed by atoms with Crippen molar-refractivity contribution in [1.82, 2.24) is 5.32 Å². The topological polar surface area (TPSA) is 12.0 Å². The highest BCUT2D eigenvalue weighted by atomic mass is 19.4. The van der Waals surface area contributed by atoms with Crippen LogP contribution >= 0.6 is 0 Å². The Morgan fingerprint density at radius 3 is 2.06 bits per heavy atom. The molecule has 0 radical (unpaired) electrons. The van der Waals surface area contributed by atoms with Crippen molar-refractivity contribution < 1.29 is 13.2 Å². The molecule has 2 atom stereocenters. The van der Waals surface area contributed by atoms with Crippen LogP contribution in [0.1, 0.15) is 44.2 Å². The summed E-state index contributed by atoms with van der Waals surface area (Å²) in [6, 6.07) is 5.77. The summed E-state index contributed by atoms with van der Waals surface area (Å²) in [5.74, 6) is 0.206. The molecule has 0 heterocycles. The molecule has 0 aliphatic heterocycles. The molecule has 0 fully saturated rings. The molecule has 1 nitrogen and oxygen atoms in total. The van der Waals surface area contributed by atoms with Crippen LogP contribution in [0.25, 0.3) is 0 Å². The van der Waals surface area contributed by atoms with Gasteiger partial charge in [0, 0.05) is 6.04 Å². The third-order valence-corrected chi connectivity index (χ3v) is 3.27. The van der Waals surface area contributed by atoms with Crippen LogP contribution in [0, 0.1) is 0 Å². The van der Waals surface area contributed by atoms with Crippen molar-refractivity contribution in [1.29, 1.82) is 0 Å². The van der Waals surface area contributed by atoms with Gasteiger partial charge in [0.1, 0.15) is 0 Å². The maximum absolute atomic E-state index is 12.5. The molecule has 4 heteroatoms. The summed E-state index contributed by atoms with van der Waals surface area (Å²) >= 11 is 0. The summed E-state index contributed by atoms with van der Waals surface area (Å²) in [4.78, 5) is 0. The van der Waals surface area contributed by atoms with Gasteiger partial charge in [0.15, 0.2) is 0 Å². The van der Waals surface area contributed by atoms with Gasteiger partial charge < -0.3 is 5.32 Å². The van der Waals surface area contributed by atoms with Crippen LogP contribution in [0.3, 0.4) is 0 Å². The molecule has 1 aromatic rings. The van der Waals surface area contributed by atoms with Crippen molar-refractivity contribution in [2.45, 2.75) is 45.3 Å². The van der Waals surface area contributed by atoms with E-state index in [-0.39, 0.29) is 5.92 Å². The van der Waals surface area contributed by atoms with E-state index in [9.17, 15) is 13.2 Å². The average Bonchev–Trinajstić information content (AvgIpc) is 2.34. The molecule has 1 rings (SSSR count). The van der Waals surface area contributed by atoms with Crippen LogP contribution in [0.15, 0.2) is 24.3 Å². The molecule has 0 aliphatic rings. The van der Waals surface area contributed by atoms with E-state index in [1.807, 2.05) is 13.8 Å².